The quantitative estimate of drug-likeness (QED) is 0.676. The molecular formula is C25H20N2O3. The van der Waals surface area contributed by atoms with E-state index in [0.717, 1.165) is 22.4 Å². The van der Waals surface area contributed by atoms with E-state index in [1.807, 2.05) is 78.9 Å². The monoisotopic (exact) mass is 396 g/mol. The van der Waals surface area contributed by atoms with Crippen molar-refractivity contribution >= 4 is 17.7 Å². The van der Waals surface area contributed by atoms with Gasteiger partial charge in [0.1, 0.15) is 6.61 Å². The molecule has 1 saturated heterocycles. The Bertz CT molecular complexity index is 1100. The molecule has 0 atom stereocenters. The second kappa shape index (κ2) is 8.97. The Hall–Kier alpha value is -4.04. The Morgan fingerprint density at radius 1 is 0.933 bits per heavy atom. The van der Waals surface area contributed by atoms with Gasteiger partial charge < -0.3 is 10.1 Å². The van der Waals surface area contributed by atoms with E-state index < -0.39 is 0 Å². The first-order valence-electron chi connectivity index (χ1n) is 9.68. The van der Waals surface area contributed by atoms with Crippen molar-refractivity contribution in [3.8, 4) is 23.0 Å². The predicted molar refractivity (Wildman–Crippen MR) is 116 cm³/mol. The maximum Gasteiger partial charge on any atom is 0.414 e. The molecule has 1 aliphatic heterocycles. The summed E-state index contributed by atoms with van der Waals surface area (Å²) < 4.78 is 4.94. The Balaban J connectivity index is 1.31. The fourth-order valence-corrected chi connectivity index (χ4v) is 3.17. The first-order valence-corrected chi connectivity index (χ1v) is 9.68. The van der Waals surface area contributed by atoms with E-state index in [9.17, 15) is 9.59 Å². The number of nitrogens with zero attached hydrogens (tertiary/aromatic N) is 1. The molecule has 2 amide bonds. The fourth-order valence-electron chi connectivity index (χ4n) is 3.17. The van der Waals surface area contributed by atoms with Crippen LogP contribution in [-0.2, 0) is 4.74 Å². The van der Waals surface area contributed by atoms with Gasteiger partial charge in [-0.1, -0.05) is 54.3 Å². The number of hydrogen-bond acceptors (Lipinski definition) is 3. The molecule has 1 N–H and O–H groups in total. The van der Waals surface area contributed by atoms with Crippen molar-refractivity contribution in [3.05, 3.63) is 90.0 Å². The summed E-state index contributed by atoms with van der Waals surface area (Å²) in [4.78, 5) is 25.5. The van der Waals surface area contributed by atoms with E-state index >= 15 is 0 Å². The van der Waals surface area contributed by atoms with Crippen LogP contribution < -0.4 is 10.2 Å². The van der Waals surface area contributed by atoms with E-state index in [2.05, 4.69) is 17.2 Å². The molecule has 5 nitrogen and oxygen atoms in total. The number of rotatable bonds is 4. The van der Waals surface area contributed by atoms with Crippen molar-refractivity contribution < 1.29 is 14.3 Å². The highest BCUT2D eigenvalue weighted by Gasteiger charge is 2.23. The van der Waals surface area contributed by atoms with Crippen LogP contribution in [0.25, 0.3) is 11.1 Å². The fraction of sp³-hybridized carbons (Fsp3) is 0.120. The molecule has 0 radical (unpaired) electrons. The molecule has 0 bridgehead atoms. The molecule has 0 unspecified atom stereocenters. The molecule has 1 aliphatic rings. The van der Waals surface area contributed by atoms with Gasteiger partial charge in [0, 0.05) is 16.8 Å². The van der Waals surface area contributed by atoms with Gasteiger partial charge in [0.2, 0.25) is 0 Å². The Morgan fingerprint density at radius 3 is 2.30 bits per heavy atom. The second-order valence-corrected chi connectivity index (χ2v) is 6.74. The van der Waals surface area contributed by atoms with Crippen LogP contribution in [0.5, 0.6) is 0 Å². The SMILES string of the molecule is O=C(NCC#Cc1ccc(N2CCOC2=O)cc1)c1ccc(-c2ccccc2)cc1. The van der Waals surface area contributed by atoms with Crippen molar-refractivity contribution in [3.63, 3.8) is 0 Å². The Kier molecular flexibility index (Phi) is 5.77. The zero-order chi connectivity index (χ0) is 20.8. The summed E-state index contributed by atoms with van der Waals surface area (Å²) in [5.74, 6) is 5.80. The first kappa shape index (κ1) is 19.3. The van der Waals surface area contributed by atoms with Gasteiger partial charge in [-0.15, -0.1) is 0 Å². The smallest absolute Gasteiger partial charge is 0.414 e. The molecule has 148 valence electrons. The van der Waals surface area contributed by atoms with Crippen LogP contribution in [0.3, 0.4) is 0 Å². The second-order valence-electron chi connectivity index (χ2n) is 6.74. The third-order valence-electron chi connectivity index (χ3n) is 4.76. The van der Waals surface area contributed by atoms with Crippen molar-refractivity contribution in [2.45, 2.75) is 0 Å². The molecule has 0 spiro atoms. The largest absolute Gasteiger partial charge is 0.447 e. The van der Waals surface area contributed by atoms with E-state index in [1.54, 1.807) is 4.90 Å². The molecule has 1 fully saturated rings. The van der Waals surface area contributed by atoms with Crippen molar-refractivity contribution in [2.75, 3.05) is 24.6 Å². The average Bonchev–Trinajstić information content (AvgIpc) is 3.23. The zero-order valence-electron chi connectivity index (χ0n) is 16.3. The number of amides is 2. The maximum atomic E-state index is 12.3. The number of anilines is 1. The van der Waals surface area contributed by atoms with Crippen molar-refractivity contribution in [1.29, 1.82) is 0 Å². The number of hydrogen-bond donors (Lipinski definition) is 1. The highest BCUT2D eigenvalue weighted by molar-refractivity contribution is 5.94. The average molecular weight is 396 g/mol. The minimum atomic E-state index is -0.326. The van der Waals surface area contributed by atoms with Crippen LogP contribution >= 0.6 is 0 Å². The van der Waals surface area contributed by atoms with Gasteiger partial charge in [-0.3, -0.25) is 9.69 Å². The van der Waals surface area contributed by atoms with Crippen LogP contribution in [0.1, 0.15) is 15.9 Å². The van der Waals surface area contributed by atoms with Crippen LogP contribution in [0.2, 0.25) is 0 Å². The standard InChI is InChI=1S/C25H20N2O3/c28-24(22-12-10-21(11-13-22)20-6-2-1-3-7-20)26-16-4-5-19-8-14-23(15-9-19)27-17-18-30-25(27)29/h1-3,6-15H,16-18H2,(H,26,28). The number of nitrogens with one attached hydrogen (secondary N) is 1. The highest BCUT2D eigenvalue weighted by Crippen LogP contribution is 2.20. The van der Waals surface area contributed by atoms with E-state index in [0.29, 0.717) is 18.7 Å². The summed E-state index contributed by atoms with van der Waals surface area (Å²) in [7, 11) is 0. The minimum Gasteiger partial charge on any atom is -0.447 e. The lowest BCUT2D eigenvalue weighted by atomic mass is 10.0. The first-order chi connectivity index (χ1) is 14.7. The Labute approximate surface area is 175 Å². The molecule has 5 heteroatoms. The number of carbonyl (C=O) groups is 2. The summed E-state index contributed by atoms with van der Waals surface area (Å²) in [6, 6.07) is 24.9. The van der Waals surface area contributed by atoms with E-state index in [4.69, 9.17) is 4.74 Å². The van der Waals surface area contributed by atoms with Crippen LogP contribution in [-0.4, -0.2) is 31.7 Å². The molecule has 1 heterocycles. The normalized spacial score (nSPS) is 12.7. The van der Waals surface area contributed by atoms with Crippen LogP contribution in [0.4, 0.5) is 10.5 Å². The zero-order valence-corrected chi connectivity index (χ0v) is 16.3. The highest BCUT2D eigenvalue weighted by atomic mass is 16.6. The minimum absolute atomic E-state index is 0.160. The van der Waals surface area contributed by atoms with Gasteiger partial charge >= 0.3 is 6.09 Å². The number of carbonyl (C=O) groups excluding carboxylic acids is 2. The molecular weight excluding hydrogens is 376 g/mol. The number of cyclic esters (lactones) is 1. The number of benzene rings is 3. The summed E-state index contributed by atoms with van der Waals surface area (Å²) in [6.07, 6.45) is -0.326. The third-order valence-corrected chi connectivity index (χ3v) is 4.76. The molecule has 4 rings (SSSR count). The summed E-state index contributed by atoms with van der Waals surface area (Å²) in [6.45, 7) is 1.22. The van der Waals surface area contributed by atoms with Crippen LogP contribution in [0.15, 0.2) is 78.9 Å². The lowest BCUT2D eigenvalue weighted by Gasteiger charge is -2.11. The van der Waals surface area contributed by atoms with Gasteiger partial charge in [-0.25, -0.2) is 4.79 Å². The molecule has 0 aliphatic carbocycles. The van der Waals surface area contributed by atoms with Crippen molar-refractivity contribution in [2.24, 2.45) is 0 Å². The van der Waals surface area contributed by atoms with E-state index in [1.165, 1.54) is 0 Å². The molecule has 3 aromatic carbocycles. The van der Waals surface area contributed by atoms with Gasteiger partial charge in [0.05, 0.1) is 13.1 Å². The summed E-state index contributed by atoms with van der Waals surface area (Å²) in [5, 5.41) is 2.81. The van der Waals surface area contributed by atoms with Gasteiger partial charge in [-0.2, -0.15) is 0 Å². The Morgan fingerprint density at radius 2 is 1.63 bits per heavy atom. The van der Waals surface area contributed by atoms with Crippen LogP contribution in [0, 0.1) is 11.8 Å². The molecule has 3 aromatic rings. The predicted octanol–water partition coefficient (Wildman–Crippen LogP) is 4.09. The molecule has 0 aromatic heterocycles. The summed E-state index contributed by atoms with van der Waals surface area (Å²) in [5.41, 5.74) is 4.38. The van der Waals surface area contributed by atoms with Gasteiger partial charge in [0.15, 0.2) is 0 Å². The lowest BCUT2D eigenvalue weighted by molar-refractivity contribution is 0.0958. The summed E-state index contributed by atoms with van der Waals surface area (Å²) >= 11 is 0. The van der Waals surface area contributed by atoms with Gasteiger partial charge in [-0.05, 0) is 47.5 Å². The molecule has 0 saturated carbocycles. The topological polar surface area (TPSA) is 58.6 Å². The maximum absolute atomic E-state index is 12.3. The van der Waals surface area contributed by atoms with Crippen molar-refractivity contribution in [1.82, 2.24) is 5.32 Å². The van der Waals surface area contributed by atoms with Gasteiger partial charge in [0.25, 0.3) is 5.91 Å². The number of ether oxygens (including phenoxy) is 1. The molecule has 30 heavy (non-hydrogen) atoms. The third kappa shape index (κ3) is 4.50. The lowest BCUT2D eigenvalue weighted by Crippen LogP contribution is -2.23. The van der Waals surface area contributed by atoms with E-state index in [-0.39, 0.29) is 18.5 Å².